The van der Waals surface area contributed by atoms with Gasteiger partial charge in [0.2, 0.25) is 5.91 Å². The van der Waals surface area contributed by atoms with Crippen LogP contribution >= 0.6 is 12.4 Å². The van der Waals surface area contributed by atoms with Crippen molar-refractivity contribution in [1.82, 2.24) is 5.32 Å². The maximum atomic E-state index is 13.6. The lowest BCUT2D eigenvalue weighted by molar-refractivity contribution is -0.123. The van der Waals surface area contributed by atoms with Crippen LogP contribution in [0.15, 0.2) is 18.2 Å². The van der Waals surface area contributed by atoms with E-state index in [2.05, 4.69) is 5.32 Å². The number of carbonyl (C=O) groups is 1. The van der Waals surface area contributed by atoms with Gasteiger partial charge in [0.15, 0.2) is 11.6 Å². The molecule has 1 saturated carbocycles. The predicted octanol–water partition coefficient (Wildman–Crippen LogP) is 2.34. The number of carbonyl (C=O) groups excluding carboxylic acids is 1. The van der Waals surface area contributed by atoms with E-state index >= 15 is 0 Å². The smallest absolute Gasteiger partial charge is 0.224 e. The molecule has 0 spiro atoms. The third kappa shape index (κ3) is 3.46. The van der Waals surface area contributed by atoms with E-state index in [4.69, 9.17) is 5.73 Å². The van der Waals surface area contributed by atoms with Gasteiger partial charge < -0.3 is 11.1 Å². The summed E-state index contributed by atoms with van der Waals surface area (Å²) >= 11 is 0. The summed E-state index contributed by atoms with van der Waals surface area (Å²) in [5.74, 6) is -2.39. The standard InChI is InChI=1S/C14H18F2N2O.ClH/c1-14(2,7-17)18-13(19)10-6-9(10)8-4-3-5-11(15)12(8)16;/h3-5,9-10H,6-7,17H2,1-2H3,(H,18,19);1H. The maximum Gasteiger partial charge on any atom is 0.224 e. The first-order valence-electron chi connectivity index (χ1n) is 6.32. The average Bonchev–Trinajstić information content (AvgIpc) is 3.12. The van der Waals surface area contributed by atoms with Crippen molar-refractivity contribution in [3.05, 3.63) is 35.4 Å². The molecule has 0 bridgehead atoms. The molecule has 2 rings (SSSR count). The number of hydrogen-bond donors (Lipinski definition) is 2. The van der Waals surface area contributed by atoms with Crippen molar-refractivity contribution in [2.45, 2.75) is 31.7 Å². The monoisotopic (exact) mass is 304 g/mol. The Bertz CT molecular complexity index is 508. The van der Waals surface area contributed by atoms with Gasteiger partial charge in [-0.05, 0) is 37.8 Å². The Morgan fingerprint density at radius 3 is 2.70 bits per heavy atom. The number of nitrogens with one attached hydrogen (secondary N) is 1. The number of nitrogens with two attached hydrogens (primary N) is 1. The Balaban J connectivity index is 0.00000200. The van der Waals surface area contributed by atoms with Gasteiger partial charge in [0, 0.05) is 18.0 Å². The third-order valence-corrected chi connectivity index (χ3v) is 3.48. The first-order valence-corrected chi connectivity index (χ1v) is 6.32. The van der Waals surface area contributed by atoms with Gasteiger partial charge in [-0.15, -0.1) is 12.4 Å². The lowest BCUT2D eigenvalue weighted by Gasteiger charge is -2.24. The van der Waals surface area contributed by atoms with Crippen LogP contribution in [0.1, 0.15) is 31.7 Å². The quantitative estimate of drug-likeness (QED) is 0.897. The molecule has 0 aromatic heterocycles. The minimum atomic E-state index is -0.870. The van der Waals surface area contributed by atoms with Gasteiger partial charge in [-0.3, -0.25) is 4.79 Å². The normalized spacial score (nSPS) is 21.1. The number of benzene rings is 1. The Morgan fingerprint density at radius 2 is 2.10 bits per heavy atom. The molecular formula is C14H19ClF2N2O. The van der Waals surface area contributed by atoms with Crippen LogP contribution in [-0.4, -0.2) is 18.0 Å². The van der Waals surface area contributed by atoms with E-state index in [9.17, 15) is 13.6 Å². The molecular weight excluding hydrogens is 286 g/mol. The van der Waals surface area contributed by atoms with Gasteiger partial charge in [0.1, 0.15) is 0 Å². The van der Waals surface area contributed by atoms with E-state index in [1.165, 1.54) is 12.1 Å². The molecule has 112 valence electrons. The van der Waals surface area contributed by atoms with Gasteiger partial charge in [-0.25, -0.2) is 8.78 Å². The molecule has 6 heteroatoms. The number of rotatable bonds is 4. The molecule has 1 amide bonds. The van der Waals surface area contributed by atoms with Crippen LogP contribution in [0.3, 0.4) is 0 Å². The van der Waals surface area contributed by atoms with Crippen LogP contribution in [0.2, 0.25) is 0 Å². The second kappa shape index (κ2) is 6.06. The summed E-state index contributed by atoms with van der Waals surface area (Å²) in [4.78, 5) is 12.0. The van der Waals surface area contributed by atoms with Crippen LogP contribution in [0.25, 0.3) is 0 Å². The highest BCUT2D eigenvalue weighted by molar-refractivity contribution is 5.85. The van der Waals surface area contributed by atoms with Crippen molar-refractivity contribution in [3.63, 3.8) is 0 Å². The molecule has 0 heterocycles. The first kappa shape index (κ1) is 16.9. The molecule has 2 atom stereocenters. The van der Waals surface area contributed by atoms with Crippen molar-refractivity contribution in [2.24, 2.45) is 11.7 Å². The predicted molar refractivity (Wildman–Crippen MR) is 75.7 cm³/mol. The number of amides is 1. The average molecular weight is 305 g/mol. The van der Waals surface area contributed by atoms with Crippen LogP contribution < -0.4 is 11.1 Å². The fourth-order valence-corrected chi connectivity index (χ4v) is 2.11. The van der Waals surface area contributed by atoms with Crippen LogP contribution in [0.4, 0.5) is 8.78 Å². The number of hydrogen-bond acceptors (Lipinski definition) is 2. The molecule has 1 aliphatic rings. The Kier molecular flexibility index (Phi) is 5.10. The molecule has 1 fully saturated rings. The summed E-state index contributed by atoms with van der Waals surface area (Å²) in [6.07, 6.45) is 0.548. The summed E-state index contributed by atoms with van der Waals surface area (Å²) in [6, 6.07) is 4.07. The third-order valence-electron chi connectivity index (χ3n) is 3.48. The molecule has 1 aromatic carbocycles. The molecule has 0 aliphatic heterocycles. The highest BCUT2D eigenvalue weighted by Gasteiger charge is 2.46. The zero-order valence-electron chi connectivity index (χ0n) is 11.5. The molecule has 3 nitrogen and oxygen atoms in total. The van der Waals surface area contributed by atoms with E-state index in [1.807, 2.05) is 13.8 Å². The maximum absolute atomic E-state index is 13.6. The molecule has 0 radical (unpaired) electrons. The van der Waals surface area contributed by atoms with E-state index in [-0.39, 0.29) is 35.7 Å². The minimum absolute atomic E-state index is 0. The van der Waals surface area contributed by atoms with Gasteiger partial charge >= 0.3 is 0 Å². The zero-order valence-corrected chi connectivity index (χ0v) is 12.3. The van der Waals surface area contributed by atoms with Crippen LogP contribution in [0.5, 0.6) is 0 Å². The van der Waals surface area contributed by atoms with Crippen molar-refractivity contribution in [1.29, 1.82) is 0 Å². The topological polar surface area (TPSA) is 55.1 Å². The Hall–Kier alpha value is -1.20. The largest absolute Gasteiger partial charge is 0.350 e. The first-order chi connectivity index (χ1) is 8.85. The SMILES string of the molecule is CC(C)(CN)NC(=O)C1CC1c1cccc(F)c1F.Cl. The van der Waals surface area contributed by atoms with Gasteiger partial charge in [-0.2, -0.15) is 0 Å². The van der Waals surface area contributed by atoms with Gasteiger partial charge in [-0.1, -0.05) is 12.1 Å². The Labute approximate surface area is 123 Å². The van der Waals surface area contributed by atoms with Crippen LogP contribution in [-0.2, 0) is 4.79 Å². The highest BCUT2D eigenvalue weighted by atomic mass is 35.5. The van der Waals surface area contributed by atoms with E-state index < -0.39 is 17.2 Å². The molecule has 1 aliphatic carbocycles. The molecule has 3 N–H and O–H groups in total. The number of halogens is 3. The summed E-state index contributed by atoms with van der Waals surface area (Å²) in [5.41, 5.74) is 5.34. The minimum Gasteiger partial charge on any atom is -0.350 e. The van der Waals surface area contributed by atoms with Crippen molar-refractivity contribution in [2.75, 3.05) is 6.54 Å². The van der Waals surface area contributed by atoms with E-state index in [0.29, 0.717) is 13.0 Å². The summed E-state index contributed by atoms with van der Waals surface area (Å²) in [6.45, 7) is 3.97. The summed E-state index contributed by atoms with van der Waals surface area (Å²) < 4.78 is 26.7. The fourth-order valence-electron chi connectivity index (χ4n) is 2.11. The van der Waals surface area contributed by atoms with E-state index in [0.717, 1.165) is 6.07 Å². The second-order valence-corrected chi connectivity index (χ2v) is 5.67. The van der Waals surface area contributed by atoms with Crippen molar-refractivity contribution >= 4 is 18.3 Å². The molecule has 2 unspecified atom stereocenters. The second-order valence-electron chi connectivity index (χ2n) is 5.67. The highest BCUT2D eigenvalue weighted by Crippen LogP contribution is 2.48. The van der Waals surface area contributed by atoms with Crippen molar-refractivity contribution in [3.8, 4) is 0 Å². The summed E-state index contributed by atoms with van der Waals surface area (Å²) in [7, 11) is 0. The summed E-state index contributed by atoms with van der Waals surface area (Å²) in [5, 5.41) is 2.82. The lowest BCUT2D eigenvalue weighted by atomic mass is 10.0. The molecule has 1 aromatic rings. The Morgan fingerprint density at radius 1 is 1.45 bits per heavy atom. The van der Waals surface area contributed by atoms with E-state index in [1.54, 1.807) is 0 Å². The zero-order chi connectivity index (χ0) is 14.2. The van der Waals surface area contributed by atoms with Crippen molar-refractivity contribution < 1.29 is 13.6 Å². The van der Waals surface area contributed by atoms with Gasteiger partial charge in [0.05, 0.1) is 0 Å². The molecule has 0 saturated heterocycles. The fraction of sp³-hybridized carbons (Fsp3) is 0.500. The van der Waals surface area contributed by atoms with Crippen LogP contribution in [0, 0.1) is 17.6 Å². The molecule has 20 heavy (non-hydrogen) atoms. The lowest BCUT2D eigenvalue weighted by Crippen LogP contribution is -2.49. The van der Waals surface area contributed by atoms with Gasteiger partial charge in [0.25, 0.3) is 0 Å².